The van der Waals surface area contributed by atoms with Gasteiger partial charge in [0.2, 0.25) is 0 Å². The fraction of sp³-hybridized carbons (Fsp3) is 0.750. The second-order valence-corrected chi connectivity index (χ2v) is 6.14. The molecular formula is C16H28N2O3. The number of urea groups is 1. The number of rotatable bonds is 6. The average molecular weight is 296 g/mol. The van der Waals surface area contributed by atoms with Gasteiger partial charge < -0.3 is 15.3 Å². The van der Waals surface area contributed by atoms with E-state index >= 15 is 0 Å². The summed E-state index contributed by atoms with van der Waals surface area (Å²) >= 11 is 0. The molecule has 0 aromatic rings. The molecule has 5 nitrogen and oxygen atoms in total. The molecule has 0 radical (unpaired) electrons. The van der Waals surface area contributed by atoms with Crippen LogP contribution in [-0.2, 0) is 4.79 Å². The molecule has 0 aromatic carbocycles. The molecule has 1 rings (SSSR count). The third-order valence-corrected chi connectivity index (χ3v) is 4.42. The summed E-state index contributed by atoms with van der Waals surface area (Å²) in [7, 11) is 0. The molecule has 5 heteroatoms. The fourth-order valence-corrected chi connectivity index (χ4v) is 2.91. The van der Waals surface area contributed by atoms with Crippen molar-refractivity contribution in [1.29, 1.82) is 0 Å². The van der Waals surface area contributed by atoms with Crippen LogP contribution < -0.4 is 5.32 Å². The molecule has 2 amide bonds. The van der Waals surface area contributed by atoms with E-state index in [-0.39, 0.29) is 6.03 Å². The van der Waals surface area contributed by atoms with E-state index in [1.807, 2.05) is 13.8 Å². The van der Waals surface area contributed by atoms with E-state index in [1.165, 1.54) is 0 Å². The molecule has 0 unspecified atom stereocenters. The van der Waals surface area contributed by atoms with Crippen LogP contribution in [0.25, 0.3) is 0 Å². The topological polar surface area (TPSA) is 69.6 Å². The van der Waals surface area contributed by atoms with Gasteiger partial charge in [-0.1, -0.05) is 25.5 Å². The predicted molar refractivity (Wildman–Crippen MR) is 83.2 cm³/mol. The summed E-state index contributed by atoms with van der Waals surface area (Å²) in [6.07, 6.45) is 3.81. The highest BCUT2D eigenvalue weighted by atomic mass is 16.4. The number of carboxylic acid groups (broad SMARTS) is 1. The molecule has 0 aliphatic heterocycles. The summed E-state index contributed by atoms with van der Waals surface area (Å²) in [5.74, 6) is -0.344. The molecule has 1 aliphatic carbocycles. The van der Waals surface area contributed by atoms with Crippen LogP contribution in [0.15, 0.2) is 12.2 Å². The minimum Gasteiger partial charge on any atom is -0.480 e. The first-order valence-electron chi connectivity index (χ1n) is 7.79. The molecule has 1 saturated carbocycles. The molecule has 120 valence electrons. The van der Waals surface area contributed by atoms with E-state index in [0.29, 0.717) is 31.8 Å². The molecule has 0 bridgehead atoms. The van der Waals surface area contributed by atoms with E-state index in [0.717, 1.165) is 24.8 Å². The number of hydrogen-bond acceptors (Lipinski definition) is 2. The van der Waals surface area contributed by atoms with Crippen LogP contribution in [0.4, 0.5) is 4.79 Å². The van der Waals surface area contributed by atoms with Gasteiger partial charge in [-0.25, -0.2) is 9.59 Å². The lowest BCUT2D eigenvalue weighted by molar-refractivity contribution is -0.146. The fourth-order valence-electron chi connectivity index (χ4n) is 2.91. The van der Waals surface area contributed by atoms with Crippen molar-refractivity contribution < 1.29 is 14.7 Å². The largest absolute Gasteiger partial charge is 0.480 e. The minimum absolute atomic E-state index is 0.308. The summed E-state index contributed by atoms with van der Waals surface area (Å²) in [5.41, 5.74) is -0.225. The van der Waals surface area contributed by atoms with Gasteiger partial charge in [0.05, 0.1) is 0 Å². The van der Waals surface area contributed by atoms with Crippen molar-refractivity contribution in [3.05, 3.63) is 12.2 Å². The van der Waals surface area contributed by atoms with Gasteiger partial charge in [0.1, 0.15) is 5.54 Å². The highest BCUT2D eigenvalue weighted by molar-refractivity contribution is 5.86. The number of carbonyl (C=O) groups excluding carboxylic acids is 1. The maximum absolute atomic E-state index is 12.3. The lowest BCUT2D eigenvalue weighted by Crippen LogP contribution is -2.59. The third kappa shape index (κ3) is 4.48. The molecular weight excluding hydrogens is 268 g/mol. The predicted octanol–water partition coefficient (Wildman–Crippen LogP) is 3.02. The van der Waals surface area contributed by atoms with E-state index in [1.54, 1.807) is 4.90 Å². The van der Waals surface area contributed by atoms with Crippen LogP contribution in [0.2, 0.25) is 0 Å². The first-order valence-corrected chi connectivity index (χ1v) is 7.79. The van der Waals surface area contributed by atoms with Gasteiger partial charge in [-0.3, -0.25) is 0 Å². The SMILES string of the molecule is C=C(C)CN(CC)C(=O)NC1(C(=O)O)CCC(CC)CC1. The van der Waals surface area contributed by atoms with E-state index in [9.17, 15) is 14.7 Å². The molecule has 1 aliphatic rings. The smallest absolute Gasteiger partial charge is 0.329 e. The Bertz CT molecular complexity index is 398. The third-order valence-electron chi connectivity index (χ3n) is 4.42. The zero-order valence-corrected chi connectivity index (χ0v) is 13.4. The molecule has 0 atom stereocenters. The first kappa shape index (κ1) is 17.5. The van der Waals surface area contributed by atoms with Crippen molar-refractivity contribution in [2.24, 2.45) is 5.92 Å². The standard InChI is InChI=1S/C16H28N2O3/c1-5-13-7-9-16(10-8-13,14(19)20)17-15(21)18(6-2)11-12(3)4/h13H,3,5-11H2,1-2,4H3,(H,17,21)(H,19,20). The summed E-state index contributed by atoms with van der Waals surface area (Å²) in [4.78, 5) is 25.6. The Balaban J connectivity index is 2.77. The molecule has 0 spiro atoms. The van der Waals surface area contributed by atoms with Gasteiger partial charge in [-0.05, 0) is 45.4 Å². The maximum Gasteiger partial charge on any atom is 0.329 e. The lowest BCUT2D eigenvalue weighted by atomic mass is 9.75. The van der Waals surface area contributed by atoms with Gasteiger partial charge >= 0.3 is 12.0 Å². The van der Waals surface area contributed by atoms with Crippen LogP contribution in [0.3, 0.4) is 0 Å². The van der Waals surface area contributed by atoms with Crippen molar-refractivity contribution in [3.63, 3.8) is 0 Å². The number of carbonyl (C=O) groups is 2. The Kier molecular flexibility index (Phi) is 6.24. The summed E-state index contributed by atoms with van der Waals surface area (Å²) in [6.45, 7) is 10.7. The Morgan fingerprint density at radius 2 is 1.90 bits per heavy atom. The van der Waals surface area contributed by atoms with Crippen molar-refractivity contribution in [3.8, 4) is 0 Å². The number of nitrogens with zero attached hydrogens (tertiary/aromatic N) is 1. The molecule has 2 N–H and O–H groups in total. The molecule has 1 fully saturated rings. The minimum atomic E-state index is -1.11. The van der Waals surface area contributed by atoms with Gasteiger partial charge in [0, 0.05) is 13.1 Å². The van der Waals surface area contributed by atoms with Gasteiger partial charge in [0.25, 0.3) is 0 Å². The maximum atomic E-state index is 12.3. The number of nitrogens with one attached hydrogen (secondary N) is 1. The van der Waals surface area contributed by atoms with Crippen LogP contribution in [0, 0.1) is 5.92 Å². The van der Waals surface area contributed by atoms with E-state index in [2.05, 4.69) is 18.8 Å². The van der Waals surface area contributed by atoms with Crippen molar-refractivity contribution >= 4 is 12.0 Å². The zero-order valence-electron chi connectivity index (χ0n) is 13.4. The Morgan fingerprint density at radius 1 is 1.33 bits per heavy atom. The molecule has 21 heavy (non-hydrogen) atoms. The lowest BCUT2D eigenvalue weighted by Gasteiger charge is -2.38. The van der Waals surface area contributed by atoms with Gasteiger partial charge in [-0.2, -0.15) is 0 Å². The Morgan fingerprint density at radius 3 is 2.29 bits per heavy atom. The van der Waals surface area contributed by atoms with Gasteiger partial charge in [0.15, 0.2) is 0 Å². The van der Waals surface area contributed by atoms with E-state index in [4.69, 9.17) is 0 Å². The summed E-state index contributed by atoms with van der Waals surface area (Å²) in [5, 5.41) is 12.4. The Hall–Kier alpha value is -1.52. The first-order chi connectivity index (χ1) is 9.84. The Labute approximate surface area is 127 Å². The van der Waals surface area contributed by atoms with Crippen LogP contribution in [-0.4, -0.2) is 40.6 Å². The number of hydrogen-bond donors (Lipinski definition) is 2. The second kappa shape index (κ2) is 7.48. The normalized spacial score (nSPS) is 25.2. The van der Waals surface area contributed by atoms with Gasteiger partial charge in [-0.15, -0.1) is 0 Å². The quantitative estimate of drug-likeness (QED) is 0.740. The number of carboxylic acids is 1. The molecule has 0 heterocycles. The number of amides is 2. The monoisotopic (exact) mass is 296 g/mol. The highest BCUT2D eigenvalue weighted by Gasteiger charge is 2.43. The summed E-state index contributed by atoms with van der Waals surface area (Å²) in [6, 6.07) is -0.308. The van der Waals surface area contributed by atoms with Crippen LogP contribution in [0.1, 0.15) is 52.9 Å². The van der Waals surface area contributed by atoms with E-state index < -0.39 is 11.5 Å². The van der Waals surface area contributed by atoms with Crippen molar-refractivity contribution in [1.82, 2.24) is 10.2 Å². The second-order valence-electron chi connectivity index (χ2n) is 6.14. The molecule has 0 saturated heterocycles. The molecule has 0 aromatic heterocycles. The highest BCUT2D eigenvalue weighted by Crippen LogP contribution is 2.34. The number of aliphatic carboxylic acids is 1. The van der Waals surface area contributed by atoms with Crippen molar-refractivity contribution in [2.75, 3.05) is 13.1 Å². The van der Waals surface area contributed by atoms with Crippen LogP contribution >= 0.6 is 0 Å². The zero-order chi connectivity index (χ0) is 16.0. The van der Waals surface area contributed by atoms with Crippen LogP contribution in [0.5, 0.6) is 0 Å². The average Bonchev–Trinajstić information content (AvgIpc) is 2.44. The number of likely N-dealkylation sites (N-methyl/N-ethyl adjacent to an activating group) is 1. The summed E-state index contributed by atoms with van der Waals surface area (Å²) < 4.78 is 0. The van der Waals surface area contributed by atoms with Crippen molar-refractivity contribution in [2.45, 2.75) is 58.4 Å².